The van der Waals surface area contributed by atoms with E-state index in [0.717, 1.165) is 30.1 Å². The summed E-state index contributed by atoms with van der Waals surface area (Å²) in [5.74, 6) is -0.915. The maximum Gasteiger partial charge on any atom is 0.365 e. The second kappa shape index (κ2) is 70.3. The van der Waals surface area contributed by atoms with E-state index in [0.29, 0.717) is 0 Å². The summed E-state index contributed by atoms with van der Waals surface area (Å²) in [6.45, 7) is 1.80. The number of carboxylic acids is 1. The molecule has 24 heteroatoms. The summed E-state index contributed by atoms with van der Waals surface area (Å²) in [4.78, 5) is 18.0. The van der Waals surface area contributed by atoms with E-state index >= 15 is 0 Å². The first-order chi connectivity index (χ1) is 15.2. The number of aromatic carboxylic acids is 1. The Morgan fingerprint density at radius 2 is 1.09 bits per heavy atom. The number of nitrogens with zero attached hydrogens (tertiary/aromatic N) is 2. The van der Waals surface area contributed by atoms with Gasteiger partial charge in [-0.3, -0.25) is 4.70 Å². The number of halogens is 19. The van der Waals surface area contributed by atoms with Crippen LogP contribution in [-0.4, -0.2) is 34.6 Å². The van der Waals surface area contributed by atoms with Crippen LogP contribution < -0.4 is 0 Å². The molecule has 0 aromatic carbocycles. The van der Waals surface area contributed by atoms with Crippen molar-refractivity contribution < 1.29 is 96.9 Å². The number of rotatable bonds is 1. The lowest BCUT2D eigenvalue weighted by molar-refractivity contribution is 0.0696. The molecule has 1 aliphatic rings. The fourth-order valence-electron chi connectivity index (χ4n) is 1.41. The Labute approximate surface area is 167 Å². The van der Waals surface area contributed by atoms with Gasteiger partial charge in [-0.15, -0.1) is 11.3 Å². The Morgan fingerprint density at radius 1 is 0.781 bits per heavy atom. The zero-order valence-electron chi connectivity index (χ0n) is 14.5. The Morgan fingerprint density at radius 3 is 1.38 bits per heavy atom. The van der Waals surface area contributed by atoms with Crippen molar-refractivity contribution in [1.82, 2.24) is 9.88 Å². The predicted molar refractivity (Wildman–Crippen MR) is 71.6 cm³/mol. The summed E-state index contributed by atoms with van der Waals surface area (Å²) in [6.07, 6.45) is 0.871. The summed E-state index contributed by atoms with van der Waals surface area (Å²) in [5.41, 5.74) is 0.973. The van der Waals surface area contributed by atoms with Crippen molar-refractivity contribution in [3.63, 3.8) is 0 Å². The molecule has 0 amide bonds. The first kappa shape index (κ1) is 57.1. The van der Waals surface area contributed by atoms with Crippen LogP contribution in [0, 0.1) is 0 Å². The predicted octanol–water partition coefficient (Wildman–Crippen LogP) is 8.55. The molecule has 0 bridgehead atoms. The van der Waals surface area contributed by atoms with E-state index in [9.17, 15) is 4.79 Å². The summed E-state index contributed by atoms with van der Waals surface area (Å²) in [7, 11) is 2.03. The van der Waals surface area contributed by atoms with Gasteiger partial charge in [-0.2, -0.15) is 0 Å². The van der Waals surface area contributed by atoms with Crippen molar-refractivity contribution in [2.45, 2.75) is 13.0 Å². The number of carboxylic acid groups (broad SMARTS) is 1. The maximum atomic E-state index is 10.6. The van der Waals surface area contributed by atoms with Crippen LogP contribution in [-0.2, 0) is 13.0 Å². The van der Waals surface area contributed by atoms with Crippen molar-refractivity contribution in [2.75, 3.05) is 13.6 Å². The summed E-state index contributed by atoms with van der Waals surface area (Å²) < 4.78 is 144. The van der Waals surface area contributed by atoms with E-state index in [1.165, 1.54) is 11.3 Å². The standard InChI is InChI=1S/C8H10N2O2S.9F2.FH/c1-10-3-2-5-6(4-10)13-7(9-5)8(11)12;9*1-2;/h2-4H2,1H3,(H,11,12);;;;;;;;;;1H. The smallest absolute Gasteiger partial charge is 0.365 e. The van der Waals surface area contributed by atoms with Gasteiger partial charge in [0.05, 0.1) is 5.69 Å². The highest BCUT2D eigenvalue weighted by atomic mass is 32.1. The minimum absolute atomic E-state index is 0. The van der Waals surface area contributed by atoms with Gasteiger partial charge in [-0.05, 0) is 7.05 Å². The van der Waals surface area contributed by atoms with Crippen LogP contribution in [0.4, 0.5) is 87.0 Å². The quantitative estimate of drug-likeness (QED) is 0.350. The number of hydrogen-bond donors (Lipinski definition) is 1. The van der Waals surface area contributed by atoms with Gasteiger partial charge >= 0.3 is 5.97 Å². The monoisotopic (exact) mass is 560 g/mol. The molecule has 0 saturated carbocycles. The number of hydrogen-bond acceptors (Lipinski definition) is 4. The highest BCUT2D eigenvalue weighted by Crippen LogP contribution is 2.24. The lowest BCUT2D eigenvalue weighted by Gasteiger charge is -2.20. The van der Waals surface area contributed by atoms with Gasteiger partial charge in [0.2, 0.25) is 5.01 Å². The second-order valence-corrected chi connectivity index (χ2v) is 4.27. The van der Waals surface area contributed by atoms with Crippen molar-refractivity contribution in [3.8, 4) is 0 Å². The lowest BCUT2D eigenvalue weighted by atomic mass is 10.2. The van der Waals surface area contributed by atoms with Crippen LogP contribution >= 0.6 is 11.3 Å². The van der Waals surface area contributed by atoms with E-state index in [1.807, 2.05) is 7.05 Å². The molecule has 0 unspecified atom stereocenters. The summed E-state index contributed by atoms with van der Waals surface area (Å²) >= 11 is 1.29. The molecule has 0 aliphatic carbocycles. The number of likely N-dealkylation sites (N-methyl/N-ethyl adjacent to an activating group) is 1. The zero-order chi connectivity index (χ0) is 27.4. The van der Waals surface area contributed by atoms with Gasteiger partial charge in [0.25, 0.3) is 0 Å². The third-order valence-corrected chi connectivity index (χ3v) is 3.18. The first-order valence-electron chi connectivity index (χ1n) is 5.36. The van der Waals surface area contributed by atoms with Crippen molar-refractivity contribution in [1.29, 1.82) is 0 Å². The van der Waals surface area contributed by atoms with Crippen LogP contribution in [0.25, 0.3) is 0 Å². The molecule has 0 atom stereocenters. The minimum atomic E-state index is -0.915. The number of aromatic nitrogens is 1. The molecule has 1 aliphatic heterocycles. The fourth-order valence-corrected chi connectivity index (χ4v) is 2.44. The lowest BCUT2D eigenvalue weighted by Crippen LogP contribution is -2.25. The molecule has 1 aromatic heterocycles. The van der Waals surface area contributed by atoms with Crippen LogP contribution in [0.5, 0.6) is 0 Å². The third kappa shape index (κ3) is 38.3. The van der Waals surface area contributed by atoms with Gasteiger partial charge in [-0.1, -0.05) is 0 Å². The first-order valence-corrected chi connectivity index (χ1v) is 6.17. The largest absolute Gasteiger partial charge is 0.476 e. The highest BCUT2D eigenvalue weighted by Gasteiger charge is 2.20. The van der Waals surface area contributed by atoms with Gasteiger partial charge in [0.1, 0.15) is 0 Å². The van der Waals surface area contributed by atoms with Crippen LogP contribution in [0.1, 0.15) is 20.4 Å². The second-order valence-electron chi connectivity index (χ2n) is 3.18. The molecule has 1 aromatic rings. The summed E-state index contributed by atoms with van der Waals surface area (Å²) in [5, 5.41) is 8.96. The van der Waals surface area contributed by atoms with Gasteiger partial charge in [0.15, 0.2) is 0 Å². The SMILES string of the molecule is CN1CCc2nc(C(=O)O)sc2C1.F.FF.FF.FF.FF.FF.FF.FF.FF.FF. The summed E-state index contributed by atoms with van der Waals surface area (Å²) in [6, 6.07) is 0. The Balaban J connectivity index is -0.0000000341. The van der Waals surface area contributed by atoms with Crippen LogP contribution in [0.3, 0.4) is 0 Å². The molecular weight excluding hydrogens is 549 g/mol. The van der Waals surface area contributed by atoms with E-state index in [1.54, 1.807) is 0 Å². The van der Waals surface area contributed by atoms with Crippen LogP contribution in [0.15, 0.2) is 0 Å². The molecular formula is C8H11F19N2O2S. The molecule has 1 N–H and O–H groups in total. The number of fused-ring (bicyclic) bond motifs is 1. The Bertz CT molecular complexity index is 379. The van der Waals surface area contributed by atoms with E-state index in [4.69, 9.17) is 87.4 Å². The van der Waals surface area contributed by atoms with Crippen molar-refractivity contribution >= 4 is 17.3 Å². The molecule has 2 rings (SSSR count). The van der Waals surface area contributed by atoms with E-state index < -0.39 is 5.97 Å². The average Bonchev–Trinajstić information content (AvgIpc) is 3.34. The van der Waals surface area contributed by atoms with E-state index in [-0.39, 0.29) is 9.71 Å². The Kier molecular flexibility index (Phi) is 125. The molecule has 0 saturated heterocycles. The molecule has 32 heavy (non-hydrogen) atoms. The minimum Gasteiger partial charge on any atom is -0.476 e. The Hall–Kier alpha value is -2.27. The average molecular weight is 560 g/mol. The topological polar surface area (TPSA) is 53.4 Å². The van der Waals surface area contributed by atoms with Crippen molar-refractivity contribution in [3.05, 3.63) is 15.6 Å². The van der Waals surface area contributed by atoms with Crippen LogP contribution in [0.2, 0.25) is 0 Å². The number of carbonyl (C=O) groups is 1. The fraction of sp³-hybridized carbons (Fsp3) is 0.500. The third-order valence-electron chi connectivity index (χ3n) is 2.11. The van der Waals surface area contributed by atoms with Gasteiger partial charge in [0, 0.05) is 107 Å². The highest BCUT2D eigenvalue weighted by molar-refractivity contribution is 7.13. The molecule has 0 spiro atoms. The van der Waals surface area contributed by atoms with E-state index in [2.05, 4.69) is 9.88 Å². The molecule has 4 nitrogen and oxygen atoms in total. The number of thiazole rings is 1. The normalized spacial score (nSPS) is 8.59. The molecule has 2 heterocycles. The maximum absolute atomic E-state index is 10.6. The zero-order valence-corrected chi connectivity index (χ0v) is 15.3. The van der Waals surface area contributed by atoms with Gasteiger partial charge < -0.3 is 10.0 Å². The molecule has 204 valence electrons. The van der Waals surface area contributed by atoms with Crippen molar-refractivity contribution in [2.24, 2.45) is 0 Å². The van der Waals surface area contributed by atoms with Gasteiger partial charge in [-0.25, -0.2) is 9.78 Å². The molecule has 0 radical (unpaired) electrons. The molecule has 0 fully saturated rings.